The largest absolute Gasteiger partial charge is 0.396 e. The molecule has 0 aliphatic heterocycles. The highest BCUT2D eigenvalue weighted by Gasteiger charge is 2.24. The van der Waals surface area contributed by atoms with Crippen LogP contribution in [0.2, 0.25) is 0 Å². The van der Waals surface area contributed by atoms with Crippen molar-refractivity contribution in [2.75, 3.05) is 19.7 Å². The van der Waals surface area contributed by atoms with E-state index in [0.29, 0.717) is 25.0 Å². The molecule has 3 unspecified atom stereocenters. The zero-order chi connectivity index (χ0) is 12.8. The van der Waals surface area contributed by atoms with Crippen LogP contribution in [-0.2, 0) is 0 Å². The molecule has 3 atom stereocenters. The third kappa shape index (κ3) is 3.79. The molecule has 3 N–H and O–H groups in total. The van der Waals surface area contributed by atoms with Gasteiger partial charge in [0.25, 0.3) is 0 Å². The Kier molecular flexibility index (Phi) is 5.63. The summed E-state index contributed by atoms with van der Waals surface area (Å²) in [5, 5.41) is 24.6. The molecule has 0 saturated heterocycles. The normalized spacial score (nSPS) is 26.1. The Morgan fingerprint density at radius 2 is 2.11 bits per heavy atom. The van der Waals surface area contributed by atoms with Crippen LogP contribution in [0.25, 0.3) is 0 Å². The first-order valence-electron chi connectivity index (χ1n) is 6.84. The average molecular weight is 269 g/mol. The molecule has 1 aromatic rings. The van der Waals surface area contributed by atoms with Gasteiger partial charge in [0.15, 0.2) is 0 Å². The van der Waals surface area contributed by atoms with Crippen molar-refractivity contribution in [3.63, 3.8) is 0 Å². The van der Waals surface area contributed by atoms with Crippen LogP contribution in [0, 0.1) is 11.8 Å². The molecule has 0 radical (unpaired) electrons. The van der Waals surface area contributed by atoms with Gasteiger partial charge in [0, 0.05) is 18.0 Å². The first-order chi connectivity index (χ1) is 8.81. The number of hydrogen-bond donors (Lipinski definition) is 3. The molecule has 1 aliphatic rings. The molecule has 1 aromatic heterocycles. The maximum Gasteiger partial charge on any atom is 0.101 e. The second kappa shape index (κ2) is 7.24. The lowest BCUT2D eigenvalue weighted by Crippen LogP contribution is -2.34. The van der Waals surface area contributed by atoms with E-state index in [9.17, 15) is 10.2 Å². The molecule has 1 saturated carbocycles. The fraction of sp³-hybridized carbons (Fsp3) is 0.714. The van der Waals surface area contributed by atoms with Crippen LogP contribution in [0.5, 0.6) is 0 Å². The maximum atomic E-state index is 9.96. The molecule has 1 fully saturated rings. The van der Waals surface area contributed by atoms with Gasteiger partial charge in [-0.15, -0.1) is 11.3 Å². The molecule has 2 rings (SSSR count). The number of rotatable bonds is 6. The summed E-state index contributed by atoms with van der Waals surface area (Å²) >= 11 is 1.59. The molecular formula is C14H23NO2S. The minimum Gasteiger partial charge on any atom is -0.396 e. The van der Waals surface area contributed by atoms with Crippen molar-refractivity contribution in [2.24, 2.45) is 11.8 Å². The van der Waals surface area contributed by atoms with Gasteiger partial charge < -0.3 is 15.5 Å². The van der Waals surface area contributed by atoms with E-state index in [1.165, 1.54) is 19.3 Å². The number of aliphatic hydroxyl groups excluding tert-OH is 2. The lowest BCUT2D eigenvalue weighted by molar-refractivity contribution is 0.126. The Morgan fingerprint density at radius 3 is 2.78 bits per heavy atom. The highest BCUT2D eigenvalue weighted by Crippen LogP contribution is 2.29. The number of nitrogens with one attached hydrogen (secondary N) is 1. The molecule has 0 spiro atoms. The van der Waals surface area contributed by atoms with E-state index in [2.05, 4.69) is 5.32 Å². The fourth-order valence-corrected chi connectivity index (χ4v) is 3.49. The zero-order valence-corrected chi connectivity index (χ0v) is 11.5. The zero-order valence-electron chi connectivity index (χ0n) is 10.7. The van der Waals surface area contributed by atoms with Crippen LogP contribution in [0.4, 0.5) is 0 Å². The molecule has 3 nitrogen and oxygen atoms in total. The van der Waals surface area contributed by atoms with Crippen molar-refractivity contribution >= 4 is 11.3 Å². The van der Waals surface area contributed by atoms with Crippen LogP contribution in [0.1, 0.15) is 36.7 Å². The molecule has 102 valence electrons. The quantitative estimate of drug-likeness (QED) is 0.742. The summed E-state index contributed by atoms with van der Waals surface area (Å²) in [6.45, 7) is 1.82. The number of hydrogen-bond acceptors (Lipinski definition) is 4. The molecule has 1 heterocycles. The van der Waals surface area contributed by atoms with Gasteiger partial charge in [-0.25, -0.2) is 0 Å². The topological polar surface area (TPSA) is 52.5 Å². The lowest BCUT2D eigenvalue weighted by atomic mass is 9.79. The molecule has 4 heteroatoms. The van der Waals surface area contributed by atoms with Crippen molar-refractivity contribution < 1.29 is 10.2 Å². The molecule has 1 aliphatic carbocycles. The summed E-state index contributed by atoms with van der Waals surface area (Å²) in [5.74, 6) is 1.02. The highest BCUT2D eigenvalue weighted by atomic mass is 32.1. The van der Waals surface area contributed by atoms with Crippen molar-refractivity contribution in [2.45, 2.75) is 31.8 Å². The van der Waals surface area contributed by atoms with Gasteiger partial charge in [-0.3, -0.25) is 0 Å². The summed E-state index contributed by atoms with van der Waals surface area (Å²) in [6, 6.07) is 3.93. The molecular weight excluding hydrogens is 246 g/mol. The van der Waals surface area contributed by atoms with Crippen LogP contribution in [0.15, 0.2) is 17.5 Å². The standard InChI is InChI=1S/C14H23NO2S/c16-10-12-5-2-1-4-11(12)8-15-9-13(17)14-6-3-7-18-14/h3,6-7,11-13,15-17H,1-2,4-5,8-10H2. The Labute approximate surface area is 113 Å². The van der Waals surface area contributed by atoms with E-state index >= 15 is 0 Å². The maximum absolute atomic E-state index is 9.96. The second-order valence-corrected chi connectivity index (χ2v) is 6.16. The van der Waals surface area contributed by atoms with E-state index < -0.39 is 6.10 Å². The fourth-order valence-electron chi connectivity index (χ4n) is 2.78. The highest BCUT2D eigenvalue weighted by molar-refractivity contribution is 7.10. The Bertz CT molecular complexity index is 329. The average Bonchev–Trinajstić information content (AvgIpc) is 2.93. The second-order valence-electron chi connectivity index (χ2n) is 5.18. The summed E-state index contributed by atoms with van der Waals surface area (Å²) in [4.78, 5) is 1.02. The predicted octanol–water partition coefficient (Wildman–Crippen LogP) is 2.17. The van der Waals surface area contributed by atoms with Gasteiger partial charge in [-0.1, -0.05) is 18.9 Å². The van der Waals surface area contributed by atoms with Crippen molar-refractivity contribution in [3.05, 3.63) is 22.4 Å². The predicted molar refractivity (Wildman–Crippen MR) is 74.7 cm³/mol. The first kappa shape index (κ1) is 14.0. The van der Waals surface area contributed by atoms with Gasteiger partial charge in [-0.2, -0.15) is 0 Å². The van der Waals surface area contributed by atoms with Crippen LogP contribution < -0.4 is 5.32 Å². The van der Waals surface area contributed by atoms with Crippen molar-refractivity contribution in [3.8, 4) is 0 Å². The number of thiophene rings is 1. The molecule has 0 bridgehead atoms. The van der Waals surface area contributed by atoms with Gasteiger partial charge in [0.2, 0.25) is 0 Å². The van der Waals surface area contributed by atoms with E-state index in [1.54, 1.807) is 11.3 Å². The lowest BCUT2D eigenvalue weighted by Gasteiger charge is -2.30. The van der Waals surface area contributed by atoms with Gasteiger partial charge in [0.1, 0.15) is 6.10 Å². The minimum absolute atomic E-state index is 0.305. The van der Waals surface area contributed by atoms with E-state index in [-0.39, 0.29) is 0 Å². The van der Waals surface area contributed by atoms with Gasteiger partial charge in [0.05, 0.1) is 0 Å². The SMILES string of the molecule is OCC1CCCCC1CNCC(O)c1cccs1. The monoisotopic (exact) mass is 269 g/mol. The molecule has 0 aromatic carbocycles. The van der Waals surface area contributed by atoms with Crippen molar-refractivity contribution in [1.82, 2.24) is 5.32 Å². The summed E-state index contributed by atoms with van der Waals surface area (Å²) < 4.78 is 0. The Balaban J connectivity index is 1.71. The van der Waals surface area contributed by atoms with Gasteiger partial charge in [-0.05, 0) is 42.7 Å². The van der Waals surface area contributed by atoms with Crippen molar-refractivity contribution in [1.29, 1.82) is 0 Å². The van der Waals surface area contributed by atoms with Crippen LogP contribution in [-0.4, -0.2) is 29.9 Å². The van der Waals surface area contributed by atoms with E-state index in [1.807, 2.05) is 17.5 Å². The van der Waals surface area contributed by atoms with E-state index in [0.717, 1.165) is 17.8 Å². The van der Waals surface area contributed by atoms with E-state index in [4.69, 9.17) is 0 Å². The minimum atomic E-state index is -0.402. The Hall–Kier alpha value is -0.420. The summed E-state index contributed by atoms with van der Waals surface area (Å²) in [6.07, 6.45) is 4.47. The smallest absolute Gasteiger partial charge is 0.101 e. The van der Waals surface area contributed by atoms with Crippen LogP contribution in [0.3, 0.4) is 0 Å². The Morgan fingerprint density at radius 1 is 1.33 bits per heavy atom. The third-order valence-electron chi connectivity index (χ3n) is 3.92. The van der Waals surface area contributed by atoms with Gasteiger partial charge >= 0.3 is 0 Å². The molecule has 0 amide bonds. The summed E-state index contributed by atoms with van der Waals surface area (Å²) in [7, 11) is 0. The molecule has 18 heavy (non-hydrogen) atoms. The first-order valence-corrected chi connectivity index (χ1v) is 7.72. The third-order valence-corrected chi connectivity index (χ3v) is 4.89. The van der Waals surface area contributed by atoms with Crippen LogP contribution >= 0.6 is 11.3 Å². The summed E-state index contributed by atoms with van der Waals surface area (Å²) in [5.41, 5.74) is 0. The number of aliphatic hydroxyl groups is 2.